The maximum atomic E-state index is 11.2. The number of carbonyl (C=O) groups excluding carboxylic acids is 1. The summed E-state index contributed by atoms with van der Waals surface area (Å²) in [5.74, 6) is 5.74. The summed E-state index contributed by atoms with van der Waals surface area (Å²) in [4.78, 5) is 12.6. The van der Waals surface area contributed by atoms with Crippen LogP contribution in [0.1, 0.15) is 5.56 Å². The van der Waals surface area contributed by atoms with E-state index in [1.165, 1.54) is 4.90 Å². The van der Waals surface area contributed by atoms with Crippen molar-refractivity contribution >= 4 is 17.6 Å². The first-order valence-electron chi connectivity index (χ1n) is 5.12. The molecule has 94 valence electrons. The van der Waals surface area contributed by atoms with E-state index in [1.54, 1.807) is 20.2 Å². The second-order valence-electron chi connectivity index (χ2n) is 3.58. The van der Waals surface area contributed by atoms with Crippen LogP contribution in [-0.4, -0.2) is 31.6 Å². The first-order chi connectivity index (χ1) is 8.08. The van der Waals surface area contributed by atoms with Crippen LogP contribution in [0.3, 0.4) is 0 Å². The predicted molar refractivity (Wildman–Crippen MR) is 67.1 cm³/mol. The molecule has 1 rings (SSSR count). The molecule has 0 aromatic heterocycles. The molecule has 0 heterocycles. The number of ether oxygens (including phenoxy) is 1. The number of amides is 2. The van der Waals surface area contributed by atoms with E-state index >= 15 is 0 Å². The van der Waals surface area contributed by atoms with Gasteiger partial charge in [0.25, 0.3) is 0 Å². The summed E-state index contributed by atoms with van der Waals surface area (Å²) < 4.78 is 5.06. The molecule has 0 saturated heterocycles. The fraction of sp³-hybridized carbons (Fsp3) is 0.364. The lowest BCUT2D eigenvalue weighted by Gasteiger charge is -2.16. The molecule has 0 atom stereocenters. The van der Waals surface area contributed by atoms with Gasteiger partial charge < -0.3 is 9.64 Å². The van der Waals surface area contributed by atoms with Gasteiger partial charge in [0, 0.05) is 18.6 Å². The summed E-state index contributed by atoms with van der Waals surface area (Å²) in [6.07, 6.45) is 0.659. The average Bonchev–Trinajstić information content (AvgIpc) is 2.35. The first-order valence-corrected chi connectivity index (χ1v) is 5.50. The minimum absolute atomic E-state index is 0.324. The van der Waals surface area contributed by atoms with Crippen molar-refractivity contribution in [1.29, 1.82) is 0 Å². The zero-order chi connectivity index (χ0) is 12.8. The standard InChI is InChI=1S/C11H16ClN3O2/c1-15(11(16)14-13)6-5-8-3-4-9(17-2)7-10(8)12/h3-4,7H,5-6,13H2,1-2H3,(H,14,16). The molecule has 0 bridgehead atoms. The van der Waals surface area contributed by atoms with Crippen molar-refractivity contribution in [3.63, 3.8) is 0 Å². The number of benzene rings is 1. The Bertz CT molecular complexity index is 398. The Morgan fingerprint density at radius 1 is 1.59 bits per heavy atom. The number of hydrogen-bond acceptors (Lipinski definition) is 3. The van der Waals surface area contributed by atoms with Crippen LogP contribution < -0.4 is 16.0 Å². The van der Waals surface area contributed by atoms with Gasteiger partial charge in [-0.15, -0.1) is 0 Å². The molecule has 0 saturated carbocycles. The fourth-order valence-electron chi connectivity index (χ4n) is 1.36. The lowest BCUT2D eigenvalue weighted by Crippen LogP contribution is -2.41. The van der Waals surface area contributed by atoms with Crippen molar-refractivity contribution in [2.45, 2.75) is 6.42 Å². The van der Waals surface area contributed by atoms with Gasteiger partial charge >= 0.3 is 6.03 Å². The highest BCUT2D eigenvalue weighted by atomic mass is 35.5. The zero-order valence-electron chi connectivity index (χ0n) is 9.87. The summed E-state index contributed by atoms with van der Waals surface area (Å²) in [7, 11) is 3.25. The van der Waals surface area contributed by atoms with Gasteiger partial charge in [-0.2, -0.15) is 0 Å². The third-order valence-electron chi connectivity index (χ3n) is 2.45. The summed E-state index contributed by atoms with van der Waals surface area (Å²) in [5.41, 5.74) is 3.03. The number of hydrogen-bond donors (Lipinski definition) is 2. The Morgan fingerprint density at radius 2 is 2.29 bits per heavy atom. The predicted octanol–water partition coefficient (Wildman–Crippen LogP) is 1.41. The number of nitrogens with one attached hydrogen (secondary N) is 1. The van der Waals surface area contributed by atoms with Crippen LogP contribution in [0, 0.1) is 0 Å². The molecule has 0 radical (unpaired) electrons. The van der Waals surface area contributed by atoms with E-state index < -0.39 is 0 Å². The van der Waals surface area contributed by atoms with E-state index in [0.29, 0.717) is 23.7 Å². The fourth-order valence-corrected chi connectivity index (χ4v) is 1.62. The van der Waals surface area contributed by atoms with Gasteiger partial charge in [0.1, 0.15) is 5.75 Å². The zero-order valence-corrected chi connectivity index (χ0v) is 10.6. The third-order valence-corrected chi connectivity index (χ3v) is 2.80. The van der Waals surface area contributed by atoms with Gasteiger partial charge in [-0.05, 0) is 24.1 Å². The van der Waals surface area contributed by atoms with Crippen LogP contribution in [0.5, 0.6) is 5.75 Å². The van der Waals surface area contributed by atoms with Crippen molar-refractivity contribution in [3.05, 3.63) is 28.8 Å². The molecule has 1 aromatic rings. The van der Waals surface area contributed by atoms with Gasteiger partial charge in [-0.25, -0.2) is 10.6 Å². The molecular weight excluding hydrogens is 242 g/mol. The quantitative estimate of drug-likeness (QED) is 0.487. The first kappa shape index (κ1) is 13.6. The summed E-state index contributed by atoms with van der Waals surface area (Å²) in [6.45, 7) is 0.537. The van der Waals surface area contributed by atoms with Gasteiger partial charge in [0.15, 0.2) is 0 Å². The SMILES string of the molecule is COc1ccc(CCN(C)C(=O)NN)c(Cl)c1. The van der Waals surface area contributed by atoms with Crippen LogP contribution in [0.4, 0.5) is 4.79 Å². The molecular formula is C11H16ClN3O2. The number of likely N-dealkylation sites (N-methyl/N-ethyl adjacent to an activating group) is 1. The van der Waals surface area contributed by atoms with Crippen molar-refractivity contribution in [3.8, 4) is 5.75 Å². The van der Waals surface area contributed by atoms with E-state index in [0.717, 1.165) is 5.56 Å². The van der Waals surface area contributed by atoms with Gasteiger partial charge in [-0.1, -0.05) is 17.7 Å². The Balaban J connectivity index is 2.60. The highest BCUT2D eigenvalue weighted by Gasteiger charge is 2.08. The number of rotatable bonds is 4. The Labute approximate surface area is 105 Å². The van der Waals surface area contributed by atoms with Crippen LogP contribution in [0.15, 0.2) is 18.2 Å². The molecule has 1 aromatic carbocycles. The van der Waals surface area contributed by atoms with E-state index in [4.69, 9.17) is 22.2 Å². The van der Waals surface area contributed by atoms with E-state index in [9.17, 15) is 4.79 Å². The lowest BCUT2D eigenvalue weighted by molar-refractivity contribution is 0.209. The van der Waals surface area contributed by atoms with Crippen LogP contribution in [0.25, 0.3) is 0 Å². The highest BCUT2D eigenvalue weighted by Crippen LogP contribution is 2.22. The smallest absolute Gasteiger partial charge is 0.331 e. The van der Waals surface area contributed by atoms with Crippen molar-refractivity contribution in [2.24, 2.45) is 5.84 Å². The summed E-state index contributed by atoms with van der Waals surface area (Å²) in [6, 6.07) is 5.15. The lowest BCUT2D eigenvalue weighted by atomic mass is 10.1. The van der Waals surface area contributed by atoms with E-state index in [1.807, 2.05) is 12.1 Å². The van der Waals surface area contributed by atoms with Gasteiger partial charge in [-0.3, -0.25) is 5.43 Å². The van der Waals surface area contributed by atoms with Crippen molar-refractivity contribution in [2.75, 3.05) is 20.7 Å². The molecule has 0 aliphatic carbocycles. The third kappa shape index (κ3) is 3.80. The molecule has 0 spiro atoms. The second-order valence-corrected chi connectivity index (χ2v) is 3.99. The molecule has 5 nitrogen and oxygen atoms in total. The topological polar surface area (TPSA) is 67.6 Å². The second kappa shape index (κ2) is 6.32. The van der Waals surface area contributed by atoms with Gasteiger partial charge in [0.2, 0.25) is 0 Å². The van der Waals surface area contributed by atoms with E-state index in [-0.39, 0.29) is 6.03 Å². The average molecular weight is 258 g/mol. The van der Waals surface area contributed by atoms with Crippen LogP contribution in [-0.2, 0) is 6.42 Å². The largest absolute Gasteiger partial charge is 0.497 e. The Morgan fingerprint density at radius 3 is 2.82 bits per heavy atom. The number of nitrogens with two attached hydrogens (primary N) is 1. The maximum absolute atomic E-state index is 11.2. The minimum atomic E-state index is -0.324. The van der Waals surface area contributed by atoms with Crippen LogP contribution in [0.2, 0.25) is 5.02 Å². The Hall–Kier alpha value is -1.46. The number of urea groups is 1. The molecule has 0 unspecified atom stereocenters. The summed E-state index contributed by atoms with van der Waals surface area (Å²) in [5, 5.41) is 0.630. The van der Waals surface area contributed by atoms with Crippen molar-refractivity contribution in [1.82, 2.24) is 10.3 Å². The molecule has 6 heteroatoms. The highest BCUT2D eigenvalue weighted by molar-refractivity contribution is 6.31. The summed E-state index contributed by atoms with van der Waals surface area (Å²) >= 11 is 6.08. The molecule has 0 aliphatic heterocycles. The number of methoxy groups -OCH3 is 1. The van der Waals surface area contributed by atoms with E-state index in [2.05, 4.69) is 5.43 Å². The number of hydrazine groups is 1. The monoisotopic (exact) mass is 257 g/mol. The molecule has 2 amide bonds. The van der Waals surface area contributed by atoms with Gasteiger partial charge in [0.05, 0.1) is 7.11 Å². The number of halogens is 1. The minimum Gasteiger partial charge on any atom is -0.497 e. The Kier molecular flexibility index (Phi) is 5.06. The molecule has 3 N–H and O–H groups in total. The van der Waals surface area contributed by atoms with Crippen molar-refractivity contribution < 1.29 is 9.53 Å². The van der Waals surface area contributed by atoms with Crippen LogP contribution >= 0.6 is 11.6 Å². The maximum Gasteiger partial charge on any atom is 0.331 e. The normalized spacial score (nSPS) is 9.88. The molecule has 0 aliphatic rings. The molecule has 17 heavy (non-hydrogen) atoms. The number of carbonyl (C=O) groups is 1. The number of nitrogens with zero attached hydrogens (tertiary/aromatic N) is 1. The molecule has 0 fully saturated rings.